The lowest BCUT2D eigenvalue weighted by atomic mass is 10.2. The molecule has 2 aromatic carbocycles. The number of carbonyl (C=O) groups excluding carboxylic acids is 1. The Morgan fingerprint density at radius 1 is 1.20 bits per heavy atom. The molecule has 0 unspecified atom stereocenters. The van der Waals surface area contributed by atoms with Crippen LogP contribution in [0.1, 0.15) is 10.4 Å². The van der Waals surface area contributed by atoms with Gasteiger partial charge in [0.05, 0.1) is 5.69 Å². The molecule has 1 N–H and O–H groups in total. The van der Waals surface area contributed by atoms with Crippen molar-refractivity contribution < 1.29 is 4.79 Å². The van der Waals surface area contributed by atoms with Gasteiger partial charge in [-0.15, -0.1) is 18.3 Å². The summed E-state index contributed by atoms with van der Waals surface area (Å²) in [4.78, 5) is 13.2. The minimum absolute atomic E-state index is 0.107. The molecule has 1 amide bonds. The Morgan fingerprint density at radius 2 is 1.90 bits per heavy atom. The SMILES string of the molecule is C=CCSc1ccccc1NC(=O)c1ccc(Br)cc1. The summed E-state index contributed by atoms with van der Waals surface area (Å²) in [5, 5.41) is 2.95. The zero-order valence-corrected chi connectivity index (χ0v) is 13.2. The maximum Gasteiger partial charge on any atom is 0.255 e. The number of carbonyl (C=O) groups is 1. The highest BCUT2D eigenvalue weighted by Gasteiger charge is 2.08. The van der Waals surface area contributed by atoms with Crippen molar-refractivity contribution in [1.82, 2.24) is 0 Å². The normalized spacial score (nSPS) is 10.1. The van der Waals surface area contributed by atoms with Crippen molar-refractivity contribution in [3.8, 4) is 0 Å². The van der Waals surface area contributed by atoms with Crippen molar-refractivity contribution in [1.29, 1.82) is 0 Å². The average molecular weight is 348 g/mol. The molecule has 102 valence electrons. The molecular formula is C16H14BrNOS. The molecule has 4 heteroatoms. The van der Waals surface area contributed by atoms with Crippen LogP contribution in [0.5, 0.6) is 0 Å². The Labute approximate surface area is 131 Å². The van der Waals surface area contributed by atoms with Gasteiger partial charge in [0.1, 0.15) is 0 Å². The largest absolute Gasteiger partial charge is 0.321 e. The Balaban J connectivity index is 2.15. The average Bonchev–Trinajstić information content (AvgIpc) is 2.47. The molecule has 0 aliphatic heterocycles. The zero-order chi connectivity index (χ0) is 14.4. The summed E-state index contributed by atoms with van der Waals surface area (Å²) in [6, 6.07) is 15.1. The molecule has 0 saturated heterocycles. The standard InChI is InChI=1S/C16H14BrNOS/c1-2-11-20-15-6-4-3-5-14(15)18-16(19)12-7-9-13(17)10-8-12/h2-10H,1,11H2,(H,18,19). The van der Waals surface area contributed by atoms with Crippen LogP contribution in [0.2, 0.25) is 0 Å². The quantitative estimate of drug-likeness (QED) is 0.610. The Morgan fingerprint density at radius 3 is 2.60 bits per heavy atom. The van der Waals surface area contributed by atoms with E-state index in [4.69, 9.17) is 0 Å². The molecule has 0 saturated carbocycles. The molecule has 0 aromatic heterocycles. The van der Waals surface area contributed by atoms with Crippen LogP contribution in [-0.2, 0) is 0 Å². The predicted octanol–water partition coefficient (Wildman–Crippen LogP) is 4.98. The van der Waals surface area contributed by atoms with Crippen molar-refractivity contribution in [3.05, 3.63) is 71.2 Å². The van der Waals surface area contributed by atoms with Gasteiger partial charge >= 0.3 is 0 Å². The van der Waals surface area contributed by atoms with E-state index in [-0.39, 0.29) is 5.91 Å². The topological polar surface area (TPSA) is 29.1 Å². The van der Waals surface area contributed by atoms with Crippen LogP contribution < -0.4 is 5.32 Å². The molecule has 0 heterocycles. The Kier molecular flexibility index (Phi) is 5.44. The lowest BCUT2D eigenvalue weighted by molar-refractivity contribution is 0.102. The second-order valence-corrected chi connectivity index (χ2v) is 6.03. The number of nitrogens with one attached hydrogen (secondary N) is 1. The summed E-state index contributed by atoms with van der Waals surface area (Å²) < 4.78 is 0.955. The first kappa shape index (κ1) is 14.9. The van der Waals surface area contributed by atoms with Crippen LogP contribution in [-0.4, -0.2) is 11.7 Å². The smallest absolute Gasteiger partial charge is 0.255 e. The lowest BCUT2D eigenvalue weighted by Crippen LogP contribution is -2.12. The first-order valence-corrected chi connectivity index (χ1v) is 7.88. The van der Waals surface area contributed by atoms with Gasteiger partial charge in [0.15, 0.2) is 0 Å². The van der Waals surface area contributed by atoms with Gasteiger partial charge in [0.2, 0.25) is 0 Å². The summed E-state index contributed by atoms with van der Waals surface area (Å²) in [6.07, 6.45) is 1.85. The fourth-order valence-corrected chi connectivity index (χ4v) is 2.65. The Hall–Kier alpha value is -1.52. The monoisotopic (exact) mass is 347 g/mol. The number of hydrogen-bond donors (Lipinski definition) is 1. The molecule has 0 spiro atoms. The second kappa shape index (κ2) is 7.31. The summed E-state index contributed by atoms with van der Waals surface area (Å²) in [7, 11) is 0. The van der Waals surface area contributed by atoms with Gasteiger partial charge < -0.3 is 5.32 Å². The molecule has 2 rings (SSSR count). The van der Waals surface area contributed by atoms with Gasteiger partial charge in [-0.2, -0.15) is 0 Å². The molecule has 0 atom stereocenters. The zero-order valence-electron chi connectivity index (χ0n) is 10.8. The van der Waals surface area contributed by atoms with Crippen molar-refractivity contribution in [2.24, 2.45) is 0 Å². The number of anilines is 1. The van der Waals surface area contributed by atoms with Gasteiger partial charge in [-0.3, -0.25) is 4.79 Å². The third kappa shape index (κ3) is 3.99. The maximum atomic E-state index is 12.2. The maximum absolute atomic E-state index is 12.2. The molecule has 0 radical (unpaired) electrons. The summed E-state index contributed by atoms with van der Waals surface area (Å²) >= 11 is 5.00. The number of para-hydroxylation sites is 1. The van der Waals surface area contributed by atoms with Crippen LogP contribution in [0.3, 0.4) is 0 Å². The van der Waals surface area contributed by atoms with E-state index in [1.54, 1.807) is 23.9 Å². The van der Waals surface area contributed by atoms with Gasteiger partial charge in [-0.1, -0.05) is 34.1 Å². The van der Waals surface area contributed by atoms with E-state index in [0.29, 0.717) is 5.56 Å². The fraction of sp³-hybridized carbons (Fsp3) is 0.0625. The minimum Gasteiger partial charge on any atom is -0.321 e. The van der Waals surface area contributed by atoms with Crippen molar-refractivity contribution in [3.63, 3.8) is 0 Å². The van der Waals surface area contributed by atoms with Gasteiger partial charge in [-0.25, -0.2) is 0 Å². The highest BCUT2D eigenvalue weighted by Crippen LogP contribution is 2.27. The number of benzene rings is 2. The number of rotatable bonds is 5. The molecule has 0 fully saturated rings. The molecule has 0 bridgehead atoms. The fourth-order valence-electron chi connectivity index (χ4n) is 1.64. The molecule has 20 heavy (non-hydrogen) atoms. The van der Waals surface area contributed by atoms with Crippen molar-refractivity contribution in [2.75, 3.05) is 11.1 Å². The van der Waals surface area contributed by atoms with Crippen molar-refractivity contribution in [2.45, 2.75) is 4.90 Å². The van der Waals surface area contributed by atoms with E-state index in [1.807, 2.05) is 42.5 Å². The predicted molar refractivity (Wildman–Crippen MR) is 89.5 cm³/mol. The summed E-state index contributed by atoms with van der Waals surface area (Å²) in [5.41, 5.74) is 1.46. The summed E-state index contributed by atoms with van der Waals surface area (Å²) in [6.45, 7) is 3.71. The van der Waals surface area contributed by atoms with E-state index in [9.17, 15) is 4.79 Å². The second-order valence-electron chi connectivity index (χ2n) is 4.06. The first-order chi connectivity index (χ1) is 9.70. The Bertz CT molecular complexity index is 610. The van der Waals surface area contributed by atoms with Crippen molar-refractivity contribution >= 4 is 39.3 Å². The lowest BCUT2D eigenvalue weighted by Gasteiger charge is -2.10. The number of halogens is 1. The van der Waals surface area contributed by atoms with E-state index < -0.39 is 0 Å². The van der Waals surface area contributed by atoms with E-state index in [1.165, 1.54) is 0 Å². The highest BCUT2D eigenvalue weighted by atomic mass is 79.9. The molecule has 0 aliphatic carbocycles. The molecule has 0 aliphatic rings. The molecular weight excluding hydrogens is 334 g/mol. The van der Waals surface area contributed by atoms with Gasteiger partial charge in [0.25, 0.3) is 5.91 Å². The third-order valence-corrected chi connectivity index (χ3v) is 4.20. The van der Waals surface area contributed by atoms with Gasteiger partial charge in [-0.05, 0) is 36.4 Å². The number of thioether (sulfide) groups is 1. The van der Waals surface area contributed by atoms with Crippen LogP contribution in [0, 0.1) is 0 Å². The van der Waals surface area contributed by atoms with Crippen LogP contribution in [0.25, 0.3) is 0 Å². The van der Waals surface area contributed by atoms with E-state index in [0.717, 1.165) is 20.8 Å². The van der Waals surface area contributed by atoms with E-state index >= 15 is 0 Å². The highest BCUT2D eigenvalue weighted by molar-refractivity contribution is 9.10. The number of hydrogen-bond acceptors (Lipinski definition) is 2. The number of amides is 1. The van der Waals surface area contributed by atoms with E-state index in [2.05, 4.69) is 27.8 Å². The summed E-state index contributed by atoms with van der Waals surface area (Å²) in [5.74, 6) is 0.703. The van der Waals surface area contributed by atoms with Gasteiger partial charge in [0, 0.05) is 20.7 Å². The first-order valence-electron chi connectivity index (χ1n) is 6.10. The van der Waals surface area contributed by atoms with Crippen LogP contribution in [0.4, 0.5) is 5.69 Å². The minimum atomic E-state index is -0.107. The molecule has 2 aromatic rings. The van der Waals surface area contributed by atoms with Crippen LogP contribution in [0.15, 0.2) is 70.6 Å². The van der Waals surface area contributed by atoms with Crippen LogP contribution >= 0.6 is 27.7 Å². The molecule has 2 nitrogen and oxygen atoms in total. The third-order valence-electron chi connectivity index (χ3n) is 2.60.